The lowest BCUT2D eigenvalue weighted by Crippen LogP contribution is -2.17. The summed E-state index contributed by atoms with van der Waals surface area (Å²) in [4.78, 5) is 28.2. The molecule has 0 unspecified atom stereocenters. The molecule has 25 heavy (non-hydrogen) atoms. The molecule has 0 saturated heterocycles. The predicted octanol–water partition coefficient (Wildman–Crippen LogP) is 5.33. The van der Waals surface area contributed by atoms with Crippen molar-refractivity contribution >= 4 is 23.5 Å². The van der Waals surface area contributed by atoms with Crippen LogP contribution in [0.2, 0.25) is 0 Å². The number of rotatable bonds is 5. The molecule has 0 amide bonds. The van der Waals surface area contributed by atoms with E-state index in [9.17, 15) is 9.59 Å². The fourth-order valence-electron chi connectivity index (χ4n) is 3.82. The topological polar surface area (TPSA) is 58.9 Å². The van der Waals surface area contributed by atoms with Gasteiger partial charge in [0.05, 0.1) is 11.4 Å². The minimum Gasteiger partial charge on any atom is -0.211 e. The van der Waals surface area contributed by atoms with Crippen LogP contribution in [-0.4, -0.2) is 12.2 Å². The number of isocyanates is 2. The molecule has 1 aliphatic carbocycles. The largest absolute Gasteiger partial charge is 0.240 e. The van der Waals surface area contributed by atoms with Crippen molar-refractivity contribution < 1.29 is 9.59 Å². The zero-order valence-electron chi connectivity index (χ0n) is 14.0. The predicted molar refractivity (Wildman–Crippen MR) is 96.9 cm³/mol. The summed E-state index contributed by atoms with van der Waals surface area (Å²) < 4.78 is 0. The summed E-state index contributed by atoms with van der Waals surface area (Å²) in [6.45, 7) is 0. The molecule has 2 aromatic rings. The second kappa shape index (κ2) is 8.34. The SMILES string of the molecule is O=C=Nc1ccc(C(c2ccc(N=C=O)cc2)C2CCCCC2)cc1. The summed E-state index contributed by atoms with van der Waals surface area (Å²) in [6.07, 6.45) is 9.43. The molecule has 4 heteroatoms. The molecule has 0 heterocycles. The first-order valence-electron chi connectivity index (χ1n) is 8.67. The molecule has 4 nitrogen and oxygen atoms in total. The Hall–Kier alpha value is -2.80. The summed E-state index contributed by atoms with van der Waals surface area (Å²) in [6, 6.07) is 15.6. The zero-order chi connectivity index (χ0) is 17.5. The summed E-state index contributed by atoms with van der Waals surface area (Å²) in [5, 5.41) is 0. The van der Waals surface area contributed by atoms with E-state index in [0.717, 1.165) is 0 Å². The molecule has 1 fully saturated rings. The highest BCUT2D eigenvalue weighted by atomic mass is 16.1. The van der Waals surface area contributed by atoms with E-state index in [2.05, 4.69) is 9.98 Å². The summed E-state index contributed by atoms with van der Waals surface area (Å²) >= 11 is 0. The van der Waals surface area contributed by atoms with Crippen LogP contribution in [0.15, 0.2) is 58.5 Å². The van der Waals surface area contributed by atoms with Gasteiger partial charge in [0.2, 0.25) is 12.2 Å². The number of hydrogen-bond donors (Lipinski definition) is 0. The van der Waals surface area contributed by atoms with E-state index >= 15 is 0 Å². The van der Waals surface area contributed by atoms with Crippen LogP contribution in [0.5, 0.6) is 0 Å². The van der Waals surface area contributed by atoms with Gasteiger partial charge < -0.3 is 0 Å². The van der Waals surface area contributed by atoms with Gasteiger partial charge in [-0.2, -0.15) is 9.98 Å². The van der Waals surface area contributed by atoms with Crippen molar-refractivity contribution in [2.24, 2.45) is 15.9 Å². The van der Waals surface area contributed by atoms with Crippen molar-refractivity contribution in [1.29, 1.82) is 0 Å². The molecule has 3 rings (SSSR count). The normalized spacial score (nSPS) is 15.7. The van der Waals surface area contributed by atoms with Gasteiger partial charge in [-0.15, -0.1) is 0 Å². The number of aliphatic imine (C=N–C) groups is 2. The van der Waals surface area contributed by atoms with Gasteiger partial charge in [-0.3, -0.25) is 0 Å². The van der Waals surface area contributed by atoms with E-state index in [1.165, 1.54) is 43.2 Å². The fraction of sp³-hybridized carbons (Fsp3) is 0.333. The van der Waals surface area contributed by atoms with Gasteiger partial charge in [0.1, 0.15) is 0 Å². The molecule has 0 aliphatic heterocycles. The molecular formula is C21H20N2O2. The molecule has 0 spiro atoms. The third-order valence-corrected chi connectivity index (χ3v) is 4.98. The molecular weight excluding hydrogens is 312 g/mol. The van der Waals surface area contributed by atoms with E-state index in [1.54, 1.807) is 12.2 Å². The highest BCUT2D eigenvalue weighted by molar-refractivity contribution is 5.52. The van der Waals surface area contributed by atoms with Gasteiger partial charge in [0, 0.05) is 5.92 Å². The van der Waals surface area contributed by atoms with Crippen molar-refractivity contribution in [1.82, 2.24) is 0 Å². The Morgan fingerprint density at radius 3 is 1.56 bits per heavy atom. The van der Waals surface area contributed by atoms with Crippen molar-refractivity contribution in [2.45, 2.75) is 38.0 Å². The maximum absolute atomic E-state index is 10.4. The standard InChI is InChI=1S/C21H20N2O2/c24-14-22-19-10-6-17(7-11-19)21(16-4-2-1-3-5-16)18-8-12-20(13-9-18)23-15-25/h6-13,16,21H,1-5H2. The van der Waals surface area contributed by atoms with Gasteiger partial charge in [0.15, 0.2) is 0 Å². The van der Waals surface area contributed by atoms with E-state index in [0.29, 0.717) is 23.2 Å². The molecule has 0 N–H and O–H groups in total. The molecule has 0 radical (unpaired) electrons. The Balaban J connectivity index is 1.96. The third kappa shape index (κ3) is 4.19. The first-order chi connectivity index (χ1) is 12.3. The van der Waals surface area contributed by atoms with Crippen LogP contribution in [0.4, 0.5) is 11.4 Å². The van der Waals surface area contributed by atoms with Crippen molar-refractivity contribution in [3.05, 3.63) is 59.7 Å². The number of benzene rings is 2. The molecule has 1 aliphatic rings. The van der Waals surface area contributed by atoms with Gasteiger partial charge in [0.25, 0.3) is 0 Å². The second-order valence-electron chi connectivity index (χ2n) is 6.47. The van der Waals surface area contributed by atoms with Gasteiger partial charge in [-0.05, 0) is 54.2 Å². The number of hydrogen-bond acceptors (Lipinski definition) is 4. The first-order valence-corrected chi connectivity index (χ1v) is 8.67. The molecule has 0 aromatic heterocycles. The van der Waals surface area contributed by atoms with Crippen LogP contribution in [0.1, 0.15) is 49.1 Å². The summed E-state index contributed by atoms with van der Waals surface area (Å²) in [7, 11) is 0. The lowest BCUT2D eigenvalue weighted by atomic mass is 9.73. The van der Waals surface area contributed by atoms with Gasteiger partial charge in [-0.25, -0.2) is 9.59 Å². The molecule has 0 bridgehead atoms. The summed E-state index contributed by atoms with van der Waals surface area (Å²) in [5.41, 5.74) is 3.69. The Bertz CT molecular complexity index is 731. The highest BCUT2D eigenvalue weighted by Gasteiger charge is 2.26. The summed E-state index contributed by atoms with van der Waals surface area (Å²) in [5.74, 6) is 0.887. The molecule has 0 atom stereocenters. The van der Waals surface area contributed by atoms with Crippen LogP contribution in [-0.2, 0) is 9.59 Å². The minimum absolute atomic E-state index is 0.295. The van der Waals surface area contributed by atoms with Crippen molar-refractivity contribution in [3.8, 4) is 0 Å². The Morgan fingerprint density at radius 1 is 0.720 bits per heavy atom. The Morgan fingerprint density at radius 2 is 1.16 bits per heavy atom. The van der Waals surface area contributed by atoms with Crippen molar-refractivity contribution in [3.63, 3.8) is 0 Å². The maximum atomic E-state index is 10.4. The van der Waals surface area contributed by atoms with Crippen LogP contribution in [0, 0.1) is 5.92 Å². The van der Waals surface area contributed by atoms with Gasteiger partial charge >= 0.3 is 0 Å². The zero-order valence-corrected chi connectivity index (χ0v) is 14.0. The van der Waals surface area contributed by atoms with Crippen LogP contribution in [0.25, 0.3) is 0 Å². The smallest absolute Gasteiger partial charge is 0.211 e. The lowest BCUT2D eigenvalue weighted by molar-refractivity contribution is 0.327. The lowest BCUT2D eigenvalue weighted by Gasteiger charge is -2.31. The van der Waals surface area contributed by atoms with E-state index in [-0.39, 0.29) is 0 Å². The van der Waals surface area contributed by atoms with Gasteiger partial charge in [-0.1, -0.05) is 43.5 Å². The minimum atomic E-state index is 0.295. The fourth-order valence-corrected chi connectivity index (χ4v) is 3.82. The quantitative estimate of drug-likeness (QED) is 0.548. The molecule has 2 aromatic carbocycles. The van der Waals surface area contributed by atoms with Crippen LogP contribution < -0.4 is 0 Å². The Labute approximate surface area is 147 Å². The molecule has 126 valence electrons. The number of nitrogens with zero attached hydrogens (tertiary/aromatic N) is 2. The van der Waals surface area contributed by atoms with E-state index in [4.69, 9.17) is 0 Å². The van der Waals surface area contributed by atoms with Crippen LogP contribution >= 0.6 is 0 Å². The Kier molecular flexibility index (Phi) is 5.69. The second-order valence-corrected chi connectivity index (χ2v) is 6.47. The maximum Gasteiger partial charge on any atom is 0.240 e. The van der Waals surface area contributed by atoms with E-state index in [1.807, 2.05) is 48.5 Å². The average molecular weight is 332 g/mol. The van der Waals surface area contributed by atoms with Crippen LogP contribution in [0.3, 0.4) is 0 Å². The average Bonchev–Trinajstić information content (AvgIpc) is 2.66. The highest BCUT2D eigenvalue weighted by Crippen LogP contribution is 2.41. The van der Waals surface area contributed by atoms with Crippen molar-refractivity contribution in [2.75, 3.05) is 0 Å². The third-order valence-electron chi connectivity index (χ3n) is 4.98. The first kappa shape index (κ1) is 17.0. The monoisotopic (exact) mass is 332 g/mol. The number of carbonyl (C=O) groups excluding carboxylic acids is 2. The van der Waals surface area contributed by atoms with E-state index < -0.39 is 0 Å². The molecule has 1 saturated carbocycles.